The van der Waals surface area contributed by atoms with Crippen LogP contribution in [0.2, 0.25) is 0 Å². The number of aromatic nitrogens is 1. The zero-order valence-corrected chi connectivity index (χ0v) is 15.9. The van der Waals surface area contributed by atoms with Gasteiger partial charge in [0.2, 0.25) is 0 Å². The summed E-state index contributed by atoms with van der Waals surface area (Å²) in [5, 5.41) is 8.89. The van der Waals surface area contributed by atoms with E-state index in [4.69, 9.17) is 14.6 Å². The second-order valence-electron chi connectivity index (χ2n) is 6.02. The number of carbonyl (C=O) groups excluding carboxylic acids is 1. The van der Waals surface area contributed by atoms with Gasteiger partial charge in [-0.1, -0.05) is 11.8 Å². The van der Waals surface area contributed by atoms with Crippen LogP contribution in [-0.4, -0.2) is 56.0 Å². The first-order chi connectivity index (χ1) is 10.7. The fraction of sp³-hybridized carbons (Fsp3) is 0.500. The number of hydrogen-bond donors (Lipinski definition) is 0. The van der Waals surface area contributed by atoms with E-state index in [1.54, 1.807) is 23.1 Å². The molecule has 2 aromatic rings. The van der Waals surface area contributed by atoms with Crippen molar-refractivity contribution in [1.82, 2.24) is 4.98 Å². The van der Waals surface area contributed by atoms with Crippen molar-refractivity contribution < 1.29 is 19.1 Å². The van der Waals surface area contributed by atoms with Crippen LogP contribution < -0.4 is 9.84 Å². The van der Waals surface area contributed by atoms with Crippen LogP contribution in [0, 0.1) is 0 Å². The second-order valence-corrected chi connectivity index (χ2v) is 8.10. The van der Waals surface area contributed by atoms with Gasteiger partial charge in [-0.15, -0.1) is 11.3 Å². The summed E-state index contributed by atoms with van der Waals surface area (Å²) in [5.74, 6) is -0.134. The lowest BCUT2D eigenvalue weighted by Gasteiger charge is -2.23. The lowest BCUT2D eigenvalue weighted by Crippen LogP contribution is -2.35. The number of carbonyl (C=O) groups is 1. The van der Waals surface area contributed by atoms with Gasteiger partial charge < -0.3 is 19.1 Å². The number of hydrogen-bond acceptors (Lipinski definition) is 6. The highest BCUT2D eigenvalue weighted by Crippen LogP contribution is 2.30. The Hall–Kier alpha value is -1.31. The molecule has 0 bridgehead atoms. The smallest absolute Gasteiger partial charge is 0.150 e. The molecule has 0 saturated heterocycles. The number of fused-ring (bicyclic) bond motifs is 1. The molecule has 0 fully saturated rings. The second kappa shape index (κ2) is 9.10. The number of thioether (sulfide) groups is 1. The Morgan fingerprint density at radius 1 is 1.39 bits per heavy atom. The molecule has 0 aliphatic carbocycles. The molecule has 0 unspecified atom stereocenters. The van der Waals surface area contributed by atoms with Gasteiger partial charge in [0, 0.05) is 12.4 Å². The predicted octanol–water partition coefficient (Wildman–Crippen LogP) is 2.25. The Balaban J connectivity index is 0.000000593. The topological polar surface area (TPSA) is 62.2 Å². The monoisotopic (exact) mass is 356 g/mol. The highest BCUT2D eigenvalue weighted by Gasteiger charge is 2.07. The van der Waals surface area contributed by atoms with Crippen LogP contribution in [0.4, 0.5) is 0 Å². The SMILES string of the molecule is CC(=O)[O-].CSc1nc2ccc(OCCC[N+](C)(C)C)cc2s1. The molecule has 5 nitrogen and oxygen atoms in total. The van der Waals surface area contributed by atoms with E-state index >= 15 is 0 Å². The predicted molar refractivity (Wildman–Crippen MR) is 95.1 cm³/mol. The highest BCUT2D eigenvalue weighted by molar-refractivity contribution is 8.00. The van der Waals surface area contributed by atoms with Crippen molar-refractivity contribution in [3.63, 3.8) is 0 Å². The summed E-state index contributed by atoms with van der Waals surface area (Å²) in [4.78, 5) is 13.4. The maximum absolute atomic E-state index is 8.89. The number of carboxylic acid groups (broad SMARTS) is 1. The van der Waals surface area contributed by atoms with E-state index in [-0.39, 0.29) is 0 Å². The zero-order chi connectivity index (χ0) is 17.5. The normalized spacial score (nSPS) is 11.0. The van der Waals surface area contributed by atoms with Crippen LogP contribution in [0.5, 0.6) is 5.75 Å². The maximum Gasteiger partial charge on any atom is 0.150 e. The van der Waals surface area contributed by atoms with Crippen LogP contribution in [0.15, 0.2) is 22.5 Å². The molecule has 1 heterocycles. The Morgan fingerprint density at radius 3 is 2.61 bits per heavy atom. The molecule has 0 N–H and O–H groups in total. The summed E-state index contributed by atoms with van der Waals surface area (Å²) in [7, 11) is 6.61. The van der Waals surface area contributed by atoms with Gasteiger partial charge in [-0.05, 0) is 31.4 Å². The van der Waals surface area contributed by atoms with Crippen LogP contribution in [0.3, 0.4) is 0 Å². The number of ether oxygens (including phenoxy) is 1. The minimum absolute atomic E-state index is 0.773. The average molecular weight is 357 g/mol. The van der Waals surface area contributed by atoms with E-state index in [2.05, 4.69) is 38.4 Å². The Bertz CT molecular complexity index is 632. The summed E-state index contributed by atoms with van der Waals surface area (Å²) in [5.41, 5.74) is 1.06. The Labute approximate surface area is 145 Å². The van der Waals surface area contributed by atoms with E-state index in [9.17, 15) is 0 Å². The van der Waals surface area contributed by atoms with Crippen molar-refractivity contribution in [3.05, 3.63) is 18.2 Å². The standard InChI is InChI=1S/C14H21N2OS2.C2H4O2/c1-16(2,3)8-5-9-17-11-6-7-12-13(10-11)19-14(15-12)18-4;1-2(3)4/h6-7,10H,5,8-9H2,1-4H3;1H3,(H,3,4)/q+1;/p-1. The van der Waals surface area contributed by atoms with Crippen LogP contribution in [0.25, 0.3) is 10.2 Å². The third kappa shape index (κ3) is 8.20. The molecule has 0 radical (unpaired) electrons. The summed E-state index contributed by atoms with van der Waals surface area (Å²) in [6, 6.07) is 6.15. The van der Waals surface area contributed by atoms with Gasteiger partial charge in [0.05, 0.1) is 44.5 Å². The first-order valence-corrected chi connectivity index (χ1v) is 9.31. The molecule has 128 valence electrons. The molecule has 0 aliphatic heterocycles. The fourth-order valence-electron chi connectivity index (χ4n) is 1.79. The Morgan fingerprint density at radius 2 is 2.04 bits per heavy atom. The number of aliphatic carboxylic acids is 1. The zero-order valence-electron chi connectivity index (χ0n) is 14.3. The molecule has 0 aliphatic rings. The largest absolute Gasteiger partial charge is 0.550 e. The van der Waals surface area contributed by atoms with E-state index < -0.39 is 5.97 Å². The van der Waals surface area contributed by atoms with Gasteiger partial charge in [0.15, 0.2) is 4.34 Å². The minimum Gasteiger partial charge on any atom is -0.550 e. The first-order valence-electron chi connectivity index (χ1n) is 7.26. The summed E-state index contributed by atoms with van der Waals surface area (Å²) < 4.78 is 9.11. The van der Waals surface area contributed by atoms with E-state index in [1.165, 1.54) is 4.70 Å². The van der Waals surface area contributed by atoms with Crippen molar-refractivity contribution >= 4 is 39.3 Å². The number of benzene rings is 1. The third-order valence-electron chi connectivity index (χ3n) is 2.76. The van der Waals surface area contributed by atoms with E-state index in [0.717, 1.165) is 46.6 Å². The highest BCUT2D eigenvalue weighted by atomic mass is 32.2. The maximum atomic E-state index is 8.89. The molecule has 2 rings (SSSR count). The lowest BCUT2D eigenvalue weighted by atomic mass is 10.3. The van der Waals surface area contributed by atoms with Gasteiger partial charge in [-0.25, -0.2) is 4.98 Å². The van der Waals surface area contributed by atoms with E-state index in [1.807, 2.05) is 12.1 Å². The molecule has 0 amide bonds. The van der Waals surface area contributed by atoms with Gasteiger partial charge in [-0.2, -0.15) is 0 Å². The molecular weight excluding hydrogens is 332 g/mol. The van der Waals surface area contributed by atoms with Crippen molar-refractivity contribution in [2.75, 3.05) is 40.6 Å². The molecule has 23 heavy (non-hydrogen) atoms. The number of nitrogens with zero attached hydrogens (tertiary/aromatic N) is 2. The van der Waals surface area contributed by atoms with Crippen molar-refractivity contribution in [3.8, 4) is 5.75 Å². The van der Waals surface area contributed by atoms with Gasteiger partial charge in [0.1, 0.15) is 5.75 Å². The summed E-state index contributed by atoms with van der Waals surface area (Å²) in [6.45, 7) is 2.87. The van der Waals surface area contributed by atoms with Crippen LogP contribution in [0.1, 0.15) is 13.3 Å². The fourth-order valence-corrected chi connectivity index (χ4v) is 3.31. The summed E-state index contributed by atoms with van der Waals surface area (Å²) in [6.07, 6.45) is 3.13. The van der Waals surface area contributed by atoms with Gasteiger partial charge in [0.25, 0.3) is 0 Å². The minimum atomic E-state index is -1.08. The Kier molecular flexibility index (Phi) is 7.81. The van der Waals surface area contributed by atoms with Crippen molar-refractivity contribution in [2.24, 2.45) is 0 Å². The van der Waals surface area contributed by atoms with Gasteiger partial charge in [-0.3, -0.25) is 0 Å². The van der Waals surface area contributed by atoms with Crippen LogP contribution >= 0.6 is 23.1 Å². The van der Waals surface area contributed by atoms with Crippen molar-refractivity contribution in [1.29, 1.82) is 0 Å². The van der Waals surface area contributed by atoms with Crippen molar-refractivity contribution in [2.45, 2.75) is 17.7 Å². The van der Waals surface area contributed by atoms with E-state index in [0.29, 0.717) is 0 Å². The number of thiazole rings is 1. The lowest BCUT2D eigenvalue weighted by molar-refractivity contribution is -0.870. The number of carboxylic acids is 1. The molecule has 0 saturated carbocycles. The molecule has 7 heteroatoms. The van der Waals surface area contributed by atoms with Crippen LogP contribution in [-0.2, 0) is 4.79 Å². The molecule has 1 aromatic carbocycles. The third-order valence-corrected chi connectivity index (χ3v) is 4.76. The molecular formula is C16H24N2O3S2. The number of rotatable bonds is 6. The average Bonchev–Trinajstić information content (AvgIpc) is 2.84. The molecule has 0 spiro atoms. The molecule has 1 aromatic heterocycles. The first kappa shape index (κ1) is 19.7. The molecule has 0 atom stereocenters. The summed E-state index contributed by atoms with van der Waals surface area (Å²) >= 11 is 3.41. The quantitative estimate of drug-likeness (QED) is 0.451. The number of quaternary nitrogens is 1. The van der Waals surface area contributed by atoms with Gasteiger partial charge >= 0.3 is 0 Å².